The highest BCUT2D eigenvalue weighted by Gasteiger charge is 2.03. The first-order valence-corrected chi connectivity index (χ1v) is 7.55. The maximum Gasteiger partial charge on any atom is 0.161 e. The van der Waals surface area contributed by atoms with Gasteiger partial charge in [-0.3, -0.25) is 4.68 Å². The second-order valence-electron chi connectivity index (χ2n) is 5.13. The second kappa shape index (κ2) is 6.98. The van der Waals surface area contributed by atoms with Crippen LogP contribution in [0.5, 0.6) is 11.5 Å². The molecule has 0 atom stereocenters. The molecule has 22 heavy (non-hydrogen) atoms. The van der Waals surface area contributed by atoms with Crippen molar-refractivity contribution in [3.8, 4) is 11.5 Å². The van der Waals surface area contributed by atoms with Gasteiger partial charge in [0.2, 0.25) is 0 Å². The fraction of sp³-hybridized carbons (Fsp3) is 0.278. The Morgan fingerprint density at radius 1 is 0.955 bits per heavy atom. The maximum absolute atomic E-state index is 5.78. The Morgan fingerprint density at radius 3 is 2.59 bits per heavy atom. The molecule has 3 aromatic rings. The van der Waals surface area contributed by atoms with Gasteiger partial charge in [0.1, 0.15) is 0 Å². The Morgan fingerprint density at radius 2 is 1.73 bits per heavy atom. The van der Waals surface area contributed by atoms with Gasteiger partial charge in [-0.15, -0.1) is 0 Å². The minimum atomic E-state index is 0.680. The lowest BCUT2D eigenvalue weighted by atomic mass is 10.2. The summed E-state index contributed by atoms with van der Waals surface area (Å²) in [5, 5.41) is 5.62. The molecule has 0 saturated carbocycles. The molecule has 0 unspecified atom stereocenters. The summed E-state index contributed by atoms with van der Waals surface area (Å²) in [4.78, 5) is 0. The van der Waals surface area contributed by atoms with E-state index in [2.05, 4.69) is 21.9 Å². The standard InChI is InChI=1S/C18H20N2O2/c1-21-17-10-4-5-11-18(17)22-13-7-6-12-20-16-9-3-2-8-15(16)14-19-20/h2-5,8-11,14H,6-7,12-13H2,1H3. The zero-order valence-corrected chi connectivity index (χ0v) is 12.7. The van der Waals surface area contributed by atoms with Crippen LogP contribution in [-0.4, -0.2) is 23.5 Å². The van der Waals surface area contributed by atoms with E-state index in [-0.39, 0.29) is 0 Å². The normalized spacial score (nSPS) is 10.8. The molecule has 3 rings (SSSR count). The van der Waals surface area contributed by atoms with Crippen LogP contribution in [0.25, 0.3) is 10.9 Å². The summed E-state index contributed by atoms with van der Waals surface area (Å²) in [6.07, 6.45) is 3.92. The Hall–Kier alpha value is -2.49. The number of ether oxygens (including phenoxy) is 2. The van der Waals surface area contributed by atoms with Crippen molar-refractivity contribution in [3.05, 3.63) is 54.7 Å². The number of benzene rings is 2. The van der Waals surface area contributed by atoms with E-state index in [1.54, 1.807) is 7.11 Å². The lowest BCUT2D eigenvalue weighted by Gasteiger charge is -2.10. The van der Waals surface area contributed by atoms with Crippen LogP contribution >= 0.6 is 0 Å². The highest BCUT2D eigenvalue weighted by Crippen LogP contribution is 2.25. The Balaban J connectivity index is 1.48. The number of aromatic nitrogens is 2. The minimum absolute atomic E-state index is 0.680. The second-order valence-corrected chi connectivity index (χ2v) is 5.13. The zero-order chi connectivity index (χ0) is 15.2. The minimum Gasteiger partial charge on any atom is -0.493 e. The molecule has 0 amide bonds. The van der Waals surface area contributed by atoms with Gasteiger partial charge in [-0.1, -0.05) is 30.3 Å². The molecule has 4 nitrogen and oxygen atoms in total. The number of methoxy groups -OCH3 is 1. The van der Waals surface area contributed by atoms with Crippen LogP contribution in [0, 0.1) is 0 Å². The number of para-hydroxylation sites is 3. The predicted octanol–water partition coefficient (Wildman–Crippen LogP) is 3.90. The van der Waals surface area contributed by atoms with Crippen molar-refractivity contribution in [2.45, 2.75) is 19.4 Å². The van der Waals surface area contributed by atoms with Crippen molar-refractivity contribution in [2.24, 2.45) is 0 Å². The highest BCUT2D eigenvalue weighted by molar-refractivity contribution is 5.78. The molecule has 0 N–H and O–H groups in total. The van der Waals surface area contributed by atoms with Gasteiger partial charge in [-0.25, -0.2) is 0 Å². The van der Waals surface area contributed by atoms with Gasteiger partial charge in [0.25, 0.3) is 0 Å². The lowest BCUT2D eigenvalue weighted by Crippen LogP contribution is -2.04. The smallest absolute Gasteiger partial charge is 0.161 e. The first-order valence-electron chi connectivity index (χ1n) is 7.55. The summed E-state index contributed by atoms with van der Waals surface area (Å²) in [6.45, 7) is 1.59. The third kappa shape index (κ3) is 3.22. The number of hydrogen-bond acceptors (Lipinski definition) is 3. The number of nitrogens with zero attached hydrogens (tertiary/aromatic N) is 2. The summed E-state index contributed by atoms with van der Waals surface area (Å²) in [7, 11) is 1.66. The Labute approximate surface area is 130 Å². The summed E-state index contributed by atoms with van der Waals surface area (Å²) in [6, 6.07) is 16.0. The Bertz CT molecular complexity index is 737. The highest BCUT2D eigenvalue weighted by atomic mass is 16.5. The largest absolute Gasteiger partial charge is 0.493 e. The van der Waals surface area contributed by atoms with Gasteiger partial charge in [-0.2, -0.15) is 5.10 Å². The number of aryl methyl sites for hydroxylation is 1. The fourth-order valence-corrected chi connectivity index (χ4v) is 2.49. The van der Waals surface area contributed by atoms with E-state index in [0.717, 1.165) is 30.9 Å². The van der Waals surface area contributed by atoms with Crippen LogP contribution in [0.1, 0.15) is 12.8 Å². The first-order chi connectivity index (χ1) is 10.9. The maximum atomic E-state index is 5.78. The van der Waals surface area contributed by atoms with Gasteiger partial charge < -0.3 is 9.47 Å². The van der Waals surface area contributed by atoms with Crippen LogP contribution in [0.3, 0.4) is 0 Å². The number of rotatable bonds is 7. The molecular formula is C18H20N2O2. The van der Waals surface area contributed by atoms with Crippen molar-refractivity contribution < 1.29 is 9.47 Å². The molecule has 0 bridgehead atoms. The number of fused-ring (bicyclic) bond motifs is 1. The first kappa shape index (κ1) is 14.4. The molecule has 4 heteroatoms. The van der Waals surface area contributed by atoms with Crippen LogP contribution in [-0.2, 0) is 6.54 Å². The van der Waals surface area contributed by atoms with Crippen molar-refractivity contribution in [1.82, 2.24) is 9.78 Å². The van der Waals surface area contributed by atoms with Gasteiger partial charge in [0.05, 0.1) is 25.4 Å². The summed E-state index contributed by atoms with van der Waals surface area (Å²) >= 11 is 0. The topological polar surface area (TPSA) is 36.3 Å². The molecule has 0 aliphatic rings. The van der Waals surface area contributed by atoms with E-state index in [4.69, 9.17) is 9.47 Å². The van der Waals surface area contributed by atoms with Crippen molar-refractivity contribution in [3.63, 3.8) is 0 Å². The van der Waals surface area contributed by atoms with Crippen molar-refractivity contribution >= 4 is 10.9 Å². The zero-order valence-electron chi connectivity index (χ0n) is 12.7. The van der Waals surface area contributed by atoms with E-state index < -0.39 is 0 Å². The summed E-state index contributed by atoms with van der Waals surface area (Å²) < 4.78 is 13.1. The van der Waals surface area contributed by atoms with E-state index in [1.807, 2.05) is 42.6 Å². The van der Waals surface area contributed by atoms with Gasteiger partial charge >= 0.3 is 0 Å². The van der Waals surface area contributed by atoms with Gasteiger partial charge in [-0.05, 0) is 31.0 Å². The summed E-state index contributed by atoms with van der Waals surface area (Å²) in [5.41, 5.74) is 1.19. The summed E-state index contributed by atoms with van der Waals surface area (Å²) in [5.74, 6) is 1.58. The van der Waals surface area contributed by atoms with Crippen LogP contribution in [0.2, 0.25) is 0 Å². The molecule has 0 aliphatic carbocycles. The van der Waals surface area contributed by atoms with Gasteiger partial charge in [0, 0.05) is 11.9 Å². The molecule has 0 radical (unpaired) electrons. The third-order valence-corrected chi connectivity index (χ3v) is 3.64. The van der Waals surface area contributed by atoms with Crippen molar-refractivity contribution in [2.75, 3.05) is 13.7 Å². The predicted molar refractivity (Wildman–Crippen MR) is 87.5 cm³/mol. The molecule has 0 saturated heterocycles. The molecule has 2 aromatic carbocycles. The average molecular weight is 296 g/mol. The molecule has 0 fully saturated rings. The molecule has 114 valence electrons. The average Bonchev–Trinajstić information content (AvgIpc) is 2.98. The molecule has 1 heterocycles. The van der Waals surface area contributed by atoms with E-state index >= 15 is 0 Å². The van der Waals surface area contributed by atoms with E-state index in [1.165, 1.54) is 10.9 Å². The quantitative estimate of drug-likeness (QED) is 0.620. The molecule has 0 aliphatic heterocycles. The monoisotopic (exact) mass is 296 g/mol. The fourth-order valence-electron chi connectivity index (χ4n) is 2.49. The van der Waals surface area contributed by atoms with E-state index in [9.17, 15) is 0 Å². The molecule has 1 aromatic heterocycles. The van der Waals surface area contributed by atoms with Crippen LogP contribution in [0.4, 0.5) is 0 Å². The Kier molecular flexibility index (Phi) is 4.59. The third-order valence-electron chi connectivity index (χ3n) is 3.64. The van der Waals surface area contributed by atoms with Gasteiger partial charge in [0.15, 0.2) is 11.5 Å². The molecule has 0 spiro atoms. The van der Waals surface area contributed by atoms with Crippen LogP contribution in [0.15, 0.2) is 54.7 Å². The van der Waals surface area contributed by atoms with Crippen LogP contribution < -0.4 is 9.47 Å². The van der Waals surface area contributed by atoms with E-state index in [0.29, 0.717) is 6.61 Å². The number of hydrogen-bond donors (Lipinski definition) is 0. The lowest BCUT2D eigenvalue weighted by molar-refractivity contribution is 0.283. The molecular weight excluding hydrogens is 276 g/mol. The number of unbranched alkanes of at least 4 members (excludes halogenated alkanes) is 1. The SMILES string of the molecule is COc1ccccc1OCCCCn1ncc2ccccc21. The van der Waals surface area contributed by atoms with Crippen molar-refractivity contribution in [1.29, 1.82) is 0 Å².